The van der Waals surface area contributed by atoms with Gasteiger partial charge in [0, 0.05) is 32.9 Å². The van der Waals surface area contributed by atoms with Gasteiger partial charge in [-0.3, -0.25) is 4.79 Å². The lowest BCUT2D eigenvalue weighted by atomic mass is 10.2. The molecule has 18 heavy (non-hydrogen) atoms. The molecule has 5 heteroatoms. The number of amides is 1. The summed E-state index contributed by atoms with van der Waals surface area (Å²) in [5, 5.41) is 12.9. The molecule has 0 bridgehead atoms. The zero-order valence-electron chi connectivity index (χ0n) is 11.0. The lowest BCUT2D eigenvalue weighted by Crippen LogP contribution is -2.44. The van der Waals surface area contributed by atoms with E-state index in [2.05, 4.69) is 12.2 Å². The quantitative estimate of drug-likeness (QED) is 0.809. The number of carbonyl (C=O) groups is 1. The molecule has 0 unspecified atom stereocenters. The van der Waals surface area contributed by atoms with E-state index in [1.807, 2.05) is 22.9 Å². The number of β-amino-alcohol motifs (C(OH)–C–C–N with tert-alkyl or cyclic N) is 1. The predicted molar refractivity (Wildman–Crippen MR) is 69.5 cm³/mol. The largest absolute Gasteiger partial charge is 0.390 e. The number of aliphatic hydroxyl groups excluding tert-OH is 1. The molecule has 1 aromatic rings. The Balaban J connectivity index is 2.12. The summed E-state index contributed by atoms with van der Waals surface area (Å²) in [6, 6.07) is 3.59. The minimum atomic E-state index is -0.478. The molecule has 1 aliphatic heterocycles. The van der Waals surface area contributed by atoms with Gasteiger partial charge in [0.25, 0.3) is 5.91 Å². The van der Waals surface area contributed by atoms with Gasteiger partial charge in [-0.2, -0.15) is 0 Å². The Labute approximate surface area is 107 Å². The van der Waals surface area contributed by atoms with Gasteiger partial charge >= 0.3 is 0 Å². The second-order valence-electron chi connectivity index (χ2n) is 4.80. The summed E-state index contributed by atoms with van der Waals surface area (Å²) in [4.78, 5) is 14.0. The molecule has 2 N–H and O–H groups in total. The third-order valence-electron chi connectivity index (χ3n) is 3.48. The minimum absolute atomic E-state index is 0.0267. The van der Waals surface area contributed by atoms with Gasteiger partial charge in [-0.1, -0.05) is 6.92 Å². The van der Waals surface area contributed by atoms with Crippen LogP contribution in [0.25, 0.3) is 0 Å². The van der Waals surface area contributed by atoms with E-state index in [9.17, 15) is 9.90 Å². The maximum atomic E-state index is 12.4. The van der Waals surface area contributed by atoms with Crippen LogP contribution in [0.2, 0.25) is 0 Å². The second-order valence-corrected chi connectivity index (χ2v) is 4.80. The number of nitrogens with zero attached hydrogens (tertiary/aromatic N) is 2. The average Bonchev–Trinajstić information content (AvgIpc) is 2.97. The molecule has 0 radical (unpaired) electrons. The monoisotopic (exact) mass is 251 g/mol. The van der Waals surface area contributed by atoms with Crippen LogP contribution in [0.1, 0.15) is 23.8 Å². The molecular formula is C13H21N3O2. The van der Waals surface area contributed by atoms with Gasteiger partial charge in [-0.05, 0) is 18.6 Å². The van der Waals surface area contributed by atoms with Crippen molar-refractivity contribution < 1.29 is 9.90 Å². The Morgan fingerprint density at radius 3 is 3.00 bits per heavy atom. The molecule has 1 aromatic heterocycles. The molecule has 2 rings (SSSR count). The zero-order chi connectivity index (χ0) is 13.1. The van der Waals surface area contributed by atoms with E-state index in [0.29, 0.717) is 18.8 Å². The fraction of sp³-hybridized carbons (Fsp3) is 0.615. The highest BCUT2D eigenvalue weighted by molar-refractivity contribution is 5.92. The van der Waals surface area contributed by atoms with Crippen LogP contribution >= 0.6 is 0 Å². The fourth-order valence-electron chi connectivity index (χ4n) is 2.42. The second kappa shape index (κ2) is 5.54. The van der Waals surface area contributed by atoms with Crippen LogP contribution in [0.5, 0.6) is 0 Å². The van der Waals surface area contributed by atoms with Crippen LogP contribution in [0.4, 0.5) is 0 Å². The Morgan fingerprint density at radius 1 is 1.61 bits per heavy atom. The summed E-state index contributed by atoms with van der Waals surface area (Å²) in [5.41, 5.74) is 0.693. The van der Waals surface area contributed by atoms with E-state index in [1.54, 1.807) is 11.9 Å². The minimum Gasteiger partial charge on any atom is -0.390 e. The van der Waals surface area contributed by atoms with E-state index in [1.165, 1.54) is 0 Å². The van der Waals surface area contributed by atoms with Crippen molar-refractivity contribution in [1.29, 1.82) is 0 Å². The van der Waals surface area contributed by atoms with Crippen molar-refractivity contribution in [2.45, 2.75) is 32.0 Å². The third kappa shape index (κ3) is 2.42. The van der Waals surface area contributed by atoms with Crippen molar-refractivity contribution in [1.82, 2.24) is 14.8 Å². The Bertz CT molecular complexity index is 416. The molecule has 0 spiro atoms. The van der Waals surface area contributed by atoms with Gasteiger partial charge in [0.15, 0.2) is 0 Å². The summed E-state index contributed by atoms with van der Waals surface area (Å²) in [6.07, 6.45) is 2.44. The number of aliphatic hydroxyl groups is 1. The average molecular weight is 251 g/mol. The van der Waals surface area contributed by atoms with Crippen LogP contribution in [-0.2, 0) is 6.54 Å². The standard InChI is InChI=1S/C13H21N3O2/c1-3-6-16-7-4-5-10(16)13(18)15(2)11-8-14-9-12(11)17/h4-5,7,11-12,14,17H,3,6,8-9H2,1-2H3/t11-,12-/m1/s1. The van der Waals surface area contributed by atoms with Crippen LogP contribution < -0.4 is 5.32 Å². The van der Waals surface area contributed by atoms with Crippen molar-refractivity contribution in [3.8, 4) is 0 Å². The van der Waals surface area contributed by atoms with Crippen molar-refractivity contribution in [2.75, 3.05) is 20.1 Å². The summed E-state index contributed by atoms with van der Waals surface area (Å²) in [7, 11) is 1.76. The van der Waals surface area contributed by atoms with Gasteiger partial charge in [-0.15, -0.1) is 0 Å². The first-order valence-corrected chi connectivity index (χ1v) is 6.46. The Hall–Kier alpha value is -1.33. The summed E-state index contributed by atoms with van der Waals surface area (Å²) in [5.74, 6) is -0.0267. The maximum Gasteiger partial charge on any atom is 0.270 e. The van der Waals surface area contributed by atoms with Crippen molar-refractivity contribution in [3.63, 3.8) is 0 Å². The highest BCUT2D eigenvalue weighted by Crippen LogP contribution is 2.13. The number of carbonyl (C=O) groups excluding carboxylic acids is 1. The van der Waals surface area contributed by atoms with Crippen molar-refractivity contribution in [2.24, 2.45) is 0 Å². The number of aromatic nitrogens is 1. The van der Waals surface area contributed by atoms with Crippen molar-refractivity contribution in [3.05, 3.63) is 24.0 Å². The van der Waals surface area contributed by atoms with E-state index in [4.69, 9.17) is 0 Å². The molecule has 1 aliphatic rings. The highest BCUT2D eigenvalue weighted by atomic mass is 16.3. The molecule has 2 heterocycles. The molecule has 0 aliphatic carbocycles. The van der Waals surface area contributed by atoms with Crippen LogP contribution in [0.3, 0.4) is 0 Å². The van der Waals surface area contributed by atoms with Crippen LogP contribution in [0.15, 0.2) is 18.3 Å². The number of hydrogen-bond acceptors (Lipinski definition) is 3. The SMILES string of the molecule is CCCn1cccc1C(=O)N(C)[C@@H]1CNC[C@H]1O. The van der Waals surface area contributed by atoms with E-state index >= 15 is 0 Å². The first kappa shape index (κ1) is 13.1. The topological polar surface area (TPSA) is 57.5 Å². The molecule has 2 atom stereocenters. The molecule has 5 nitrogen and oxygen atoms in total. The molecule has 1 amide bonds. The molecular weight excluding hydrogens is 230 g/mol. The van der Waals surface area contributed by atoms with Gasteiger partial charge in [0.05, 0.1) is 12.1 Å². The number of hydrogen-bond donors (Lipinski definition) is 2. The van der Waals surface area contributed by atoms with Gasteiger partial charge in [0.2, 0.25) is 0 Å². The first-order chi connectivity index (χ1) is 8.65. The van der Waals surface area contributed by atoms with Gasteiger partial charge in [0.1, 0.15) is 5.69 Å². The summed E-state index contributed by atoms with van der Waals surface area (Å²) < 4.78 is 1.97. The van der Waals surface area contributed by atoms with E-state index in [-0.39, 0.29) is 11.9 Å². The summed E-state index contributed by atoms with van der Waals surface area (Å²) in [6.45, 7) is 4.13. The molecule has 1 saturated heterocycles. The van der Waals surface area contributed by atoms with Crippen LogP contribution in [0, 0.1) is 0 Å². The molecule has 1 fully saturated rings. The normalized spacial score (nSPS) is 23.3. The Kier molecular flexibility index (Phi) is 4.04. The highest BCUT2D eigenvalue weighted by Gasteiger charge is 2.32. The number of rotatable bonds is 4. The first-order valence-electron chi connectivity index (χ1n) is 6.46. The number of nitrogens with one attached hydrogen (secondary N) is 1. The predicted octanol–water partition coefficient (Wildman–Crippen LogP) is 0.303. The lowest BCUT2D eigenvalue weighted by Gasteiger charge is -2.26. The van der Waals surface area contributed by atoms with Crippen LogP contribution in [-0.4, -0.2) is 52.8 Å². The van der Waals surface area contributed by atoms with Gasteiger partial charge in [-0.25, -0.2) is 0 Å². The molecule has 100 valence electrons. The Morgan fingerprint density at radius 2 is 2.39 bits per heavy atom. The summed E-state index contributed by atoms with van der Waals surface area (Å²) >= 11 is 0. The maximum absolute atomic E-state index is 12.4. The number of aryl methyl sites for hydroxylation is 1. The zero-order valence-corrected chi connectivity index (χ0v) is 11.0. The third-order valence-corrected chi connectivity index (χ3v) is 3.48. The van der Waals surface area contributed by atoms with E-state index < -0.39 is 6.10 Å². The van der Waals surface area contributed by atoms with Gasteiger partial charge < -0.3 is 19.9 Å². The van der Waals surface area contributed by atoms with Crippen molar-refractivity contribution >= 4 is 5.91 Å². The lowest BCUT2D eigenvalue weighted by molar-refractivity contribution is 0.0571. The number of likely N-dealkylation sites (N-methyl/N-ethyl adjacent to an activating group) is 1. The smallest absolute Gasteiger partial charge is 0.270 e. The molecule has 0 saturated carbocycles. The molecule has 0 aromatic carbocycles. The fourth-order valence-corrected chi connectivity index (χ4v) is 2.42. The van der Waals surface area contributed by atoms with E-state index in [0.717, 1.165) is 13.0 Å².